The molecular weight excluding hydrogens is 179 g/mol. The van der Waals surface area contributed by atoms with Gasteiger partial charge in [0.2, 0.25) is 0 Å². The molecule has 0 saturated carbocycles. The normalized spacial score (nSPS) is 2.40. The lowest BCUT2D eigenvalue weighted by molar-refractivity contribution is 1.48. The fraction of sp³-hybridized carbons (Fsp3) is 1.00. The lowest BCUT2D eigenvalue weighted by Gasteiger charge is -1.19. The minimum absolute atomic E-state index is 0. The molecule has 0 aliphatic carbocycles. The monoisotopic (exact) mass is 190 g/mol. The summed E-state index contributed by atoms with van der Waals surface area (Å²) in [6.45, 7) is 0. The molecule has 0 atom stereocenters. The second-order valence-corrected chi connectivity index (χ2v) is 0. The maximum absolute atomic E-state index is 4.50. The van der Waals surface area contributed by atoms with E-state index in [4.69, 9.17) is 0 Å². The molecule has 0 aromatic carbocycles. The first-order valence-corrected chi connectivity index (χ1v) is 1.15. The second-order valence-electron chi connectivity index (χ2n) is 0. The minimum Gasteiger partial charge on any atom is -0.333 e. The highest BCUT2D eigenvalue weighted by Crippen LogP contribution is 0.886. The summed E-state index contributed by atoms with van der Waals surface area (Å²) >= 11 is 0. The Hall–Kier alpha value is 0.650. The van der Waals surface area contributed by atoms with E-state index < -0.39 is 0 Å². The van der Waals surface area contributed by atoms with E-state index >= 15 is 0 Å². The average Bonchev–Trinajstić information content (AvgIpc) is 1.50. The maximum Gasteiger partial charge on any atom is -0.0195 e. The zero-order valence-corrected chi connectivity index (χ0v) is 5.89. The van der Waals surface area contributed by atoms with Crippen molar-refractivity contribution in [2.75, 3.05) is 14.1 Å². The summed E-state index contributed by atoms with van der Waals surface area (Å²) in [4.78, 5) is 0. The summed E-state index contributed by atoms with van der Waals surface area (Å²) in [6, 6.07) is 0. The van der Waals surface area contributed by atoms with Crippen molar-refractivity contribution in [2.45, 2.75) is 0 Å². The second kappa shape index (κ2) is 147. The van der Waals surface area contributed by atoms with Crippen LogP contribution in [0.1, 0.15) is 0 Å². The molecule has 0 unspecified atom stereocenters. The molecule has 0 aromatic heterocycles. The number of hydrogen-bond acceptors (Lipinski definition) is 2. The van der Waals surface area contributed by atoms with Crippen LogP contribution in [0, 0.1) is 0 Å². The zero-order valence-electron chi connectivity index (χ0n) is 3.56. The van der Waals surface area contributed by atoms with Gasteiger partial charge in [-0.1, -0.05) is 0 Å². The number of hydrogen-bond donors (Lipinski definition) is 2. The van der Waals surface area contributed by atoms with Crippen molar-refractivity contribution in [2.24, 2.45) is 11.5 Å². The molecule has 0 heterocycles. The lowest BCUT2D eigenvalue weighted by atomic mass is 11.6. The van der Waals surface area contributed by atoms with Gasteiger partial charge in [0.15, 0.2) is 0 Å². The molecule has 0 fully saturated rings. The van der Waals surface area contributed by atoms with Gasteiger partial charge in [-0.2, -0.15) is 0 Å². The van der Waals surface area contributed by atoms with Crippen molar-refractivity contribution in [1.82, 2.24) is 0 Å². The van der Waals surface area contributed by atoms with Crippen molar-refractivity contribution in [3.8, 4) is 0 Å². The van der Waals surface area contributed by atoms with Crippen molar-refractivity contribution >= 4 is 24.0 Å². The molecule has 2 nitrogen and oxygen atoms in total. The van der Waals surface area contributed by atoms with Gasteiger partial charge in [-0.25, -0.2) is 0 Å². The molecule has 0 rings (SSSR count). The first-order chi connectivity index (χ1) is 2.00. The SMILES string of the molecule is CN.CN.I. The fourth-order valence-corrected chi connectivity index (χ4v) is 0. The molecule has 0 amide bonds. The van der Waals surface area contributed by atoms with Gasteiger partial charge < -0.3 is 11.5 Å². The molecule has 0 saturated heterocycles. The van der Waals surface area contributed by atoms with Crippen LogP contribution in [-0.2, 0) is 0 Å². The van der Waals surface area contributed by atoms with E-state index in [2.05, 4.69) is 11.5 Å². The molecule has 36 valence electrons. The van der Waals surface area contributed by atoms with E-state index in [-0.39, 0.29) is 24.0 Å². The Labute approximate surface area is 49.9 Å². The molecule has 0 aliphatic heterocycles. The summed E-state index contributed by atoms with van der Waals surface area (Å²) in [5, 5.41) is 0. The van der Waals surface area contributed by atoms with Crippen LogP contribution in [-0.4, -0.2) is 14.1 Å². The number of nitrogens with two attached hydrogens (primary N) is 2. The first-order valence-electron chi connectivity index (χ1n) is 1.15. The topological polar surface area (TPSA) is 52.0 Å². The molecular formula is C2H11IN2. The van der Waals surface area contributed by atoms with Gasteiger partial charge in [0.05, 0.1) is 0 Å². The summed E-state index contributed by atoms with van der Waals surface area (Å²) < 4.78 is 0. The summed E-state index contributed by atoms with van der Waals surface area (Å²) in [7, 11) is 3.00. The Morgan fingerprint density at radius 2 is 0.800 bits per heavy atom. The quantitative estimate of drug-likeness (QED) is 0.518. The van der Waals surface area contributed by atoms with Gasteiger partial charge in [0, 0.05) is 0 Å². The van der Waals surface area contributed by atoms with Crippen molar-refractivity contribution in [3.05, 3.63) is 0 Å². The smallest absolute Gasteiger partial charge is 0.0195 e. The van der Waals surface area contributed by atoms with Crippen molar-refractivity contribution < 1.29 is 0 Å². The van der Waals surface area contributed by atoms with Gasteiger partial charge >= 0.3 is 0 Å². The molecule has 0 aliphatic rings. The maximum atomic E-state index is 4.50. The summed E-state index contributed by atoms with van der Waals surface area (Å²) in [5.41, 5.74) is 9.00. The fourth-order valence-electron chi connectivity index (χ4n) is 0. The van der Waals surface area contributed by atoms with Crippen LogP contribution in [0.25, 0.3) is 0 Å². The van der Waals surface area contributed by atoms with E-state index in [1.807, 2.05) is 0 Å². The Balaban J connectivity index is -0.0000000133. The Bertz CT molecular complexity index is 7.61. The highest BCUT2D eigenvalue weighted by molar-refractivity contribution is 14.0. The van der Waals surface area contributed by atoms with Crippen LogP contribution >= 0.6 is 24.0 Å². The van der Waals surface area contributed by atoms with Crippen molar-refractivity contribution in [3.63, 3.8) is 0 Å². The standard InChI is InChI=1S/2CH5N.HI/c2*1-2;/h2*2H2,1H3;1H. The zero-order chi connectivity index (χ0) is 4.00. The van der Waals surface area contributed by atoms with Crippen LogP contribution < -0.4 is 11.5 Å². The average molecular weight is 190 g/mol. The van der Waals surface area contributed by atoms with E-state index in [1.54, 1.807) is 0 Å². The predicted octanol–water partition coefficient (Wildman–Crippen LogP) is -0.232. The summed E-state index contributed by atoms with van der Waals surface area (Å²) in [6.07, 6.45) is 0. The van der Waals surface area contributed by atoms with E-state index in [9.17, 15) is 0 Å². The van der Waals surface area contributed by atoms with Gasteiger partial charge in [0.1, 0.15) is 0 Å². The largest absolute Gasteiger partial charge is 0.333 e. The summed E-state index contributed by atoms with van der Waals surface area (Å²) in [5.74, 6) is 0. The van der Waals surface area contributed by atoms with Crippen LogP contribution in [0.2, 0.25) is 0 Å². The molecule has 0 aromatic rings. The Kier molecular flexibility index (Phi) is 510. The third-order valence-electron chi connectivity index (χ3n) is 0. The number of halogens is 1. The van der Waals surface area contributed by atoms with Gasteiger partial charge in [0.25, 0.3) is 0 Å². The van der Waals surface area contributed by atoms with Crippen molar-refractivity contribution in [1.29, 1.82) is 0 Å². The highest BCUT2D eigenvalue weighted by Gasteiger charge is 0.838. The van der Waals surface area contributed by atoms with Gasteiger partial charge in [-0.05, 0) is 14.1 Å². The van der Waals surface area contributed by atoms with E-state index in [0.717, 1.165) is 0 Å². The Morgan fingerprint density at radius 3 is 0.800 bits per heavy atom. The van der Waals surface area contributed by atoms with E-state index in [0.29, 0.717) is 0 Å². The van der Waals surface area contributed by atoms with E-state index in [1.165, 1.54) is 14.1 Å². The van der Waals surface area contributed by atoms with Crippen LogP contribution in [0.3, 0.4) is 0 Å². The van der Waals surface area contributed by atoms with Crippen LogP contribution in [0.4, 0.5) is 0 Å². The highest BCUT2D eigenvalue weighted by atomic mass is 127. The Morgan fingerprint density at radius 1 is 0.800 bits per heavy atom. The van der Waals surface area contributed by atoms with Gasteiger partial charge in [-0.3, -0.25) is 0 Å². The molecule has 0 radical (unpaired) electrons. The predicted molar refractivity (Wildman–Crippen MR) is 35.6 cm³/mol. The molecule has 3 heteroatoms. The first kappa shape index (κ1) is 17.4. The van der Waals surface area contributed by atoms with Gasteiger partial charge in [-0.15, -0.1) is 24.0 Å². The van der Waals surface area contributed by atoms with Crippen LogP contribution in [0.15, 0.2) is 0 Å². The molecule has 0 spiro atoms. The number of rotatable bonds is 0. The third-order valence-corrected chi connectivity index (χ3v) is 0. The lowest BCUT2D eigenvalue weighted by Crippen LogP contribution is -1.69. The molecule has 4 N–H and O–H groups in total. The van der Waals surface area contributed by atoms with Crippen LogP contribution in [0.5, 0.6) is 0 Å². The molecule has 5 heavy (non-hydrogen) atoms. The molecule has 0 bridgehead atoms. The third kappa shape index (κ3) is 77.3. The minimum atomic E-state index is 0.